The van der Waals surface area contributed by atoms with E-state index in [1.165, 1.54) is 18.8 Å². The molecule has 9 heteroatoms. The maximum Gasteiger partial charge on any atom is 0.327 e. The van der Waals surface area contributed by atoms with Gasteiger partial charge in [0.15, 0.2) is 0 Å². The Kier molecular flexibility index (Phi) is 7.05. The van der Waals surface area contributed by atoms with Crippen molar-refractivity contribution in [2.75, 3.05) is 25.2 Å². The number of thioether (sulfide) groups is 1. The number of fused-ring (bicyclic) bond motifs is 1. The van der Waals surface area contributed by atoms with Gasteiger partial charge in [0.05, 0.1) is 29.4 Å². The Hall–Kier alpha value is -2.10. The third-order valence-electron chi connectivity index (χ3n) is 5.66. The summed E-state index contributed by atoms with van der Waals surface area (Å²) in [5.41, 5.74) is 2.89. The van der Waals surface area contributed by atoms with Gasteiger partial charge in [-0.2, -0.15) is 0 Å². The van der Waals surface area contributed by atoms with Gasteiger partial charge in [-0.1, -0.05) is 25.5 Å². The summed E-state index contributed by atoms with van der Waals surface area (Å²) in [6.45, 7) is 6.03. The zero-order valence-corrected chi connectivity index (χ0v) is 19.0. The van der Waals surface area contributed by atoms with Gasteiger partial charge in [-0.05, 0) is 37.5 Å². The fraction of sp³-hybridized carbons (Fsp3) is 0.571. The fourth-order valence-electron chi connectivity index (χ4n) is 3.95. The lowest BCUT2D eigenvalue weighted by Gasteiger charge is -2.50. The quantitative estimate of drug-likeness (QED) is 0.636. The van der Waals surface area contributed by atoms with Gasteiger partial charge in [0, 0.05) is 19.8 Å². The van der Waals surface area contributed by atoms with E-state index >= 15 is 0 Å². The molecule has 0 bridgehead atoms. The van der Waals surface area contributed by atoms with Crippen LogP contribution in [0.1, 0.15) is 30.9 Å². The van der Waals surface area contributed by atoms with Crippen LogP contribution in [0.5, 0.6) is 0 Å². The van der Waals surface area contributed by atoms with E-state index in [1.54, 1.807) is 11.9 Å². The number of hydrogen-bond donors (Lipinski definition) is 3. The summed E-state index contributed by atoms with van der Waals surface area (Å²) in [4.78, 5) is 40.6. The van der Waals surface area contributed by atoms with Crippen LogP contribution in [0, 0.1) is 19.8 Å². The van der Waals surface area contributed by atoms with Gasteiger partial charge in [0.2, 0.25) is 11.8 Å². The monoisotopic (exact) mass is 433 g/mol. The molecule has 164 valence electrons. The zero-order valence-electron chi connectivity index (χ0n) is 18.2. The summed E-state index contributed by atoms with van der Waals surface area (Å²) in [6, 6.07) is 5.63. The molecule has 2 aliphatic rings. The van der Waals surface area contributed by atoms with Crippen molar-refractivity contribution in [1.82, 2.24) is 20.4 Å². The second kappa shape index (κ2) is 9.36. The van der Waals surface area contributed by atoms with E-state index in [-0.39, 0.29) is 35.1 Å². The van der Waals surface area contributed by atoms with E-state index in [4.69, 9.17) is 0 Å². The first kappa shape index (κ1) is 22.6. The molecule has 0 radical (unpaired) electrons. The number of rotatable bonds is 6. The number of urea groups is 1. The number of amides is 4. The van der Waals surface area contributed by atoms with Crippen LogP contribution in [-0.2, 0) is 9.59 Å². The standard InChI is InChI=1S/C21H31N5O3S/c1-6-7-15-23-18-17(20(28)26(5)21(29)25(18)4)19(24-15)30-11-16(27)22-14-10-12(2)8-9-13(14)3/h8-10,15,17-19,23-24H,6-7,11H2,1-5H3,(H,22,27). The van der Waals surface area contributed by atoms with Crippen molar-refractivity contribution in [2.45, 2.75) is 51.3 Å². The predicted octanol–water partition coefficient (Wildman–Crippen LogP) is 2.09. The molecule has 2 aliphatic heterocycles. The Balaban J connectivity index is 1.72. The number of nitrogens with one attached hydrogen (secondary N) is 3. The van der Waals surface area contributed by atoms with Gasteiger partial charge in [0.25, 0.3) is 0 Å². The molecule has 2 saturated heterocycles. The Morgan fingerprint density at radius 1 is 1.20 bits per heavy atom. The van der Waals surface area contributed by atoms with Crippen LogP contribution in [0.15, 0.2) is 18.2 Å². The molecule has 8 nitrogen and oxygen atoms in total. The summed E-state index contributed by atoms with van der Waals surface area (Å²) in [5, 5.41) is 9.55. The first-order valence-corrected chi connectivity index (χ1v) is 11.3. The summed E-state index contributed by atoms with van der Waals surface area (Å²) in [6.07, 6.45) is 1.40. The number of carbonyl (C=O) groups is 3. The fourth-order valence-corrected chi connectivity index (χ4v) is 5.08. The smallest absolute Gasteiger partial charge is 0.325 e. The lowest BCUT2D eigenvalue weighted by atomic mass is 9.96. The molecule has 4 amide bonds. The highest BCUT2D eigenvalue weighted by Gasteiger charge is 2.50. The first-order valence-electron chi connectivity index (χ1n) is 10.3. The topological polar surface area (TPSA) is 93.8 Å². The molecule has 30 heavy (non-hydrogen) atoms. The molecule has 3 rings (SSSR count). The predicted molar refractivity (Wildman–Crippen MR) is 119 cm³/mol. The number of hydrogen-bond acceptors (Lipinski definition) is 6. The molecule has 1 aromatic carbocycles. The molecule has 3 N–H and O–H groups in total. The lowest BCUT2D eigenvalue weighted by molar-refractivity contribution is -0.140. The van der Waals surface area contributed by atoms with Crippen molar-refractivity contribution in [3.8, 4) is 0 Å². The average molecular weight is 434 g/mol. The number of nitrogens with zero attached hydrogens (tertiary/aromatic N) is 2. The molecule has 0 spiro atoms. The summed E-state index contributed by atoms with van der Waals surface area (Å²) in [7, 11) is 3.21. The van der Waals surface area contributed by atoms with Crippen LogP contribution in [0.3, 0.4) is 0 Å². The minimum atomic E-state index is -0.468. The zero-order chi connectivity index (χ0) is 22.0. The van der Waals surface area contributed by atoms with E-state index in [0.717, 1.165) is 34.6 Å². The number of anilines is 1. The number of carbonyl (C=O) groups excluding carboxylic acids is 3. The molecule has 0 aliphatic carbocycles. The van der Waals surface area contributed by atoms with Crippen LogP contribution < -0.4 is 16.0 Å². The van der Waals surface area contributed by atoms with E-state index < -0.39 is 12.1 Å². The molecule has 1 aromatic rings. The van der Waals surface area contributed by atoms with Crippen molar-refractivity contribution in [3.05, 3.63) is 29.3 Å². The largest absolute Gasteiger partial charge is 0.327 e. The minimum absolute atomic E-state index is 0.0257. The van der Waals surface area contributed by atoms with Gasteiger partial charge in [-0.3, -0.25) is 25.1 Å². The van der Waals surface area contributed by atoms with Crippen LogP contribution in [-0.4, -0.2) is 65.2 Å². The average Bonchev–Trinajstić information content (AvgIpc) is 2.71. The van der Waals surface area contributed by atoms with Gasteiger partial charge < -0.3 is 10.2 Å². The SMILES string of the molecule is CCCC1NC(SCC(=O)Nc2cc(C)ccc2C)C2C(=O)N(C)C(=O)N(C)C2N1. The van der Waals surface area contributed by atoms with Crippen LogP contribution in [0.2, 0.25) is 0 Å². The highest BCUT2D eigenvalue weighted by molar-refractivity contribution is 8.00. The van der Waals surface area contributed by atoms with Crippen LogP contribution >= 0.6 is 11.8 Å². The highest BCUT2D eigenvalue weighted by Crippen LogP contribution is 2.32. The van der Waals surface area contributed by atoms with Gasteiger partial charge in [0.1, 0.15) is 0 Å². The summed E-state index contributed by atoms with van der Waals surface area (Å²) >= 11 is 1.41. The molecule has 0 aromatic heterocycles. The second-order valence-corrected chi connectivity index (χ2v) is 9.16. The lowest BCUT2D eigenvalue weighted by Crippen LogP contribution is -2.74. The molecular formula is C21H31N5O3S. The first-order chi connectivity index (χ1) is 14.2. The van der Waals surface area contributed by atoms with Gasteiger partial charge in [-0.25, -0.2) is 4.79 Å². The normalized spacial score (nSPS) is 26.6. The Bertz CT molecular complexity index is 833. The van der Waals surface area contributed by atoms with E-state index in [9.17, 15) is 14.4 Å². The second-order valence-electron chi connectivity index (χ2n) is 8.03. The van der Waals surface area contributed by atoms with E-state index in [2.05, 4.69) is 22.9 Å². The Morgan fingerprint density at radius 3 is 2.63 bits per heavy atom. The molecule has 0 saturated carbocycles. The van der Waals surface area contributed by atoms with Crippen molar-refractivity contribution in [1.29, 1.82) is 0 Å². The third kappa shape index (κ3) is 4.63. The maximum atomic E-state index is 12.9. The van der Waals surface area contributed by atoms with E-state index in [0.29, 0.717) is 0 Å². The van der Waals surface area contributed by atoms with Gasteiger partial charge >= 0.3 is 6.03 Å². The number of imide groups is 1. The molecule has 2 heterocycles. The molecule has 4 atom stereocenters. The Morgan fingerprint density at radius 2 is 1.93 bits per heavy atom. The maximum absolute atomic E-state index is 12.9. The third-order valence-corrected chi connectivity index (χ3v) is 6.88. The number of aryl methyl sites for hydroxylation is 2. The van der Waals surface area contributed by atoms with E-state index in [1.807, 2.05) is 32.0 Å². The van der Waals surface area contributed by atoms with Crippen molar-refractivity contribution in [3.63, 3.8) is 0 Å². The van der Waals surface area contributed by atoms with Gasteiger partial charge in [-0.15, -0.1) is 11.8 Å². The van der Waals surface area contributed by atoms with Crippen molar-refractivity contribution >= 4 is 35.3 Å². The summed E-state index contributed by atoms with van der Waals surface area (Å²) < 4.78 is 0. The highest BCUT2D eigenvalue weighted by atomic mass is 32.2. The van der Waals surface area contributed by atoms with Crippen molar-refractivity contribution in [2.24, 2.45) is 5.92 Å². The molecular weight excluding hydrogens is 402 g/mol. The van der Waals surface area contributed by atoms with Crippen LogP contribution in [0.4, 0.5) is 10.5 Å². The molecule has 2 fully saturated rings. The number of benzene rings is 1. The summed E-state index contributed by atoms with van der Waals surface area (Å²) in [5.74, 6) is -0.602. The van der Waals surface area contributed by atoms with Crippen LogP contribution in [0.25, 0.3) is 0 Å². The minimum Gasteiger partial charge on any atom is -0.325 e. The molecule has 4 unspecified atom stereocenters. The van der Waals surface area contributed by atoms with Crippen molar-refractivity contribution < 1.29 is 14.4 Å². The Labute approximate surface area is 182 Å².